The summed E-state index contributed by atoms with van der Waals surface area (Å²) >= 11 is 0. The van der Waals surface area contributed by atoms with E-state index < -0.39 is 0 Å². The Morgan fingerprint density at radius 2 is 2.33 bits per heavy atom. The van der Waals surface area contributed by atoms with Crippen LogP contribution >= 0.6 is 0 Å². The fraction of sp³-hybridized carbons (Fsp3) is 0.308. The van der Waals surface area contributed by atoms with Gasteiger partial charge < -0.3 is 4.98 Å². The molecular weight excluding hydrogens is 186 g/mol. The van der Waals surface area contributed by atoms with Crippen LogP contribution in [0.25, 0.3) is 10.9 Å². The van der Waals surface area contributed by atoms with Gasteiger partial charge >= 0.3 is 0 Å². The van der Waals surface area contributed by atoms with E-state index in [0.717, 1.165) is 23.8 Å². The van der Waals surface area contributed by atoms with Crippen LogP contribution in [0.2, 0.25) is 0 Å². The molecule has 0 unspecified atom stereocenters. The van der Waals surface area contributed by atoms with Crippen LogP contribution in [0.4, 0.5) is 0 Å². The maximum atomic E-state index is 10.9. The number of benzene rings is 1. The van der Waals surface area contributed by atoms with Gasteiger partial charge in [0.05, 0.1) is 5.52 Å². The zero-order valence-electron chi connectivity index (χ0n) is 8.71. The summed E-state index contributed by atoms with van der Waals surface area (Å²) in [5.74, 6) is 0.604. The fourth-order valence-corrected chi connectivity index (χ4v) is 2.61. The summed E-state index contributed by atoms with van der Waals surface area (Å²) in [6.07, 6.45) is 3.29. The molecule has 1 heterocycles. The minimum atomic E-state index is 0.604. The second-order valence-electron chi connectivity index (χ2n) is 4.34. The first-order valence-corrected chi connectivity index (χ1v) is 5.40. The van der Waals surface area contributed by atoms with Gasteiger partial charge in [-0.25, -0.2) is 0 Å². The van der Waals surface area contributed by atoms with Crippen LogP contribution in [-0.2, 0) is 6.42 Å². The summed E-state index contributed by atoms with van der Waals surface area (Å²) in [7, 11) is 0. The van der Waals surface area contributed by atoms with Crippen LogP contribution in [0.1, 0.15) is 40.9 Å². The zero-order valence-corrected chi connectivity index (χ0v) is 8.71. The Bertz CT molecular complexity index is 539. The quantitative estimate of drug-likeness (QED) is 0.703. The Kier molecular flexibility index (Phi) is 1.72. The molecule has 0 fully saturated rings. The van der Waals surface area contributed by atoms with Gasteiger partial charge in [0.15, 0.2) is 6.29 Å². The standard InChI is InChI=1S/C13H13NO/c1-8-5-6-11-10-4-2-3-9(7-15)13(10)14-12(8)11/h2-4,7-8,14H,5-6H2,1H3/t8-/m0/s1. The molecule has 1 aliphatic carbocycles. The van der Waals surface area contributed by atoms with E-state index in [9.17, 15) is 4.79 Å². The van der Waals surface area contributed by atoms with Crippen molar-refractivity contribution >= 4 is 17.2 Å². The van der Waals surface area contributed by atoms with Gasteiger partial charge in [-0.05, 0) is 30.4 Å². The van der Waals surface area contributed by atoms with Crippen molar-refractivity contribution in [2.45, 2.75) is 25.7 Å². The molecule has 2 nitrogen and oxygen atoms in total. The third kappa shape index (κ3) is 1.08. The summed E-state index contributed by atoms with van der Waals surface area (Å²) in [5.41, 5.74) is 4.54. The summed E-state index contributed by atoms with van der Waals surface area (Å²) in [5, 5.41) is 1.24. The van der Waals surface area contributed by atoms with Crippen LogP contribution < -0.4 is 0 Å². The molecule has 2 heteroatoms. The number of fused-ring (bicyclic) bond motifs is 3. The molecule has 0 amide bonds. The maximum Gasteiger partial charge on any atom is 0.152 e. The fourth-order valence-electron chi connectivity index (χ4n) is 2.61. The lowest BCUT2D eigenvalue weighted by atomic mass is 10.1. The van der Waals surface area contributed by atoms with Crippen molar-refractivity contribution in [1.29, 1.82) is 0 Å². The van der Waals surface area contributed by atoms with Gasteiger partial charge in [-0.15, -0.1) is 0 Å². The lowest BCUT2D eigenvalue weighted by molar-refractivity contribution is 0.112. The number of hydrogen-bond donors (Lipinski definition) is 1. The van der Waals surface area contributed by atoms with Crippen LogP contribution in [0.5, 0.6) is 0 Å². The Morgan fingerprint density at radius 3 is 3.13 bits per heavy atom. The Hall–Kier alpha value is -1.57. The van der Waals surface area contributed by atoms with Gasteiger partial charge in [0.1, 0.15) is 0 Å². The molecule has 1 atom stereocenters. The summed E-state index contributed by atoms with van der Waals surface area (Å²) in [4.78, 5) is 14.3. The molecule has 0 radical (unpaired) electrons. The molecule has 3 rings (SSSR count). The second kappa shape index (κ2) is 2.96. The molecule has 76 valence electrons. The average Bonchev–Trinajstić information content (AvgIpc) is 2.79. The van der Waals surface area contributed by atoms with Crippen molar-refractivity contribution in [2.75, 3.05) is 0 Å². The molecule has 1 aromatic heterocycles. The first-order chi connectivity index (χ1) is 7.31. The van der Waals surface area contributed by atoms with Crippen LogP contribution in [0, 0.1) is 0 Å². The third-order valence-corrected chi connectivity index (χ3v) is 3.45. The number of nitrogens with one attached hydrogen (secondary N) is 1. The number of aryl methyl sites for hydroxylation is 1. The van der Waals surface area contributed by atoms with Gasteiger partial charge in [-0.2, -0.15) is 0 Å². The first kappa shape index (κ1) is 8.72. The number of H-pyrrole nitrogens is 1. The lowest BCUT2D eigenvalue weighted by Crippen LogP contribution is -1.87. The monoisotopic (exact) mass is 199 g/mol. The number of aldehydes is 1. The van der Waals surface area contributed by atoms with Crippen molar-refractivity contribution in [3.8, 4) is 0 Å². The number of para-hydroxylation sites is 1. The molecule has 2 aromatic rings. The normalized spacial score (nSPS) is 19.4. The number of carbonyl (C=O) groups is 1. The largest absolute Gasteiger partial charge is 0.357 e. The summed E-state index contributed by atoms with van der Waals surface area (Å²) < 4.78 is 0. The van der Waals surface area contributed by atoms with E-state index in [1.807, 2.05) is 12.1 Å². The van der Waals surface area contributed by atoms with Crippen molar-refractivity contribution in [2.24, 2.45) is 0 Å². The zero-order chi connectivity index (χ0) is 10.4. The van der Waals surface area contributed by atoms with E-state index in [-0.39, 0.29) is 0 Å². The van der Waals surface area contributed by atoms with Crippen molar-refractivity contribution < 1.29 is 4.79 Å². The number of rotatable bonds is 1. The topological polar surface area (TPSA) is 32.9 Å². The maximum absolute atomic E-state index is 10.9. The van der Waals surface area contributed by atoms with E-state index in [0.29, 0.717) is 5.92 Å². The first-order valence-electron chi connectivity index (χ1n) is 5.40. The molecule has 0 aliphatic heterocycles. The lowest BCUT2D eigenvalue weighted by Gasteiger charge is -1.99. The highest BCUT2D eigenvalue weighted by molar-refractivity contribution is 5.98. The number of aromatic amines is 1. The van der Waals surface area contributed by atoms with Crippen LogP contribution in [0.15, 0.2) is 18.2 Å². The minimum Gasteiger partial charge on any atom is -0.357 e. The van der Waals surface area contributed by atoms with E-state index in [2.05, 4.69) is 18.0 Å². The van der Waals surface area contributed by atoms with E-state index in [4.69, 9.17) is 0 Å². The number of aromatic nitrogens is 1. The highest BCUT2D eigenvalue weighted by Gasteiger charge is 2.23. The van der Waals surface area contributed by atoms with Gasteiger partial charge in [0, 0.05) is 16.6 Å². The van der Waals surface area contributed by atoms with Crippen molar-refractivity contribution in [3.63, 3.8) is 0 Å². The molecule has 15 heavy (non-hydrogen) atoms. The highest BCUT2D eigenvalue weighted by Crippen LogP contribution is 2.37. The Balaban J connectivity index is 2.38. The smallest absolute Gasteiger partial charge is 0.152 e. The second-order valence-corrected chi connectivity index (χ2v) is 4.34. The number of hydrogen-bond acceptors (Lipinski definition) is 1. The van der Waals surface area contributed by atoms with Gasteiger partial charge in [-0.1, -0.05) is 19.1 Å². The van der Waals surface area contributed by atoms with Crippen molar-refractivity contribution in [1.82, 2.24) is 4.98 Å². The van der Waals surface area contributed by atoms with Gasteiger partial charge in [-0.3, -0.25) is 4.79 Å². The van der Waals surface area contributed by atoms with E-state index >= 15 is 0 Å². The molecule has 0 bridgehead atoms. The van der Waals surface area contributed by atoms with Gasteiger partial charge in [0.25, 0.3) is 0 Å². The average molecular weight is 199 g/mol. The summed E-state index contributed by atoms with van der Waals surface area (Å²) in [6, 6.07) is 5.94. The summed E-state index contributed by atoms with van der Waals surface area (Å²) in [6.45, 7) is 2.24. The van der Waals surface area contributed by atoms with E-state index in [1.54, 1.807) is 0 Å². The molecule has 1 aliphatic rings. The highest BCUT2D eigenvalue weighted by atomic mass is 16.1. The molecule has 0 saturated heterocycles. The van der Waals surface area contributed by atoms with Gasteiger partial charge in [0.2, 0.25) is 0 Å². The predicted octanol–water partition coefficient (Wildman–Crippen LogP) is 3.03. The SMILES string of the molecule is C[C@H]1CCc2c1[nH]c1c(C=O)cccc21. The molecule has 1 aromatic carbocycles. The Labute approximate surface area is 88.3 Å². The van der Waals surface area contributed by atoms with E-state index in [1.165, 1.54) is 23.1 Å². The number of carbonyl (C=O) groups excluding carboxylic acids is 1. The predicted molar refractivity (Wildman–Crippen MR) is 60.4 cm³/mol. The molecular formula is C13H13NO. The van der Waals surface area contributed by atoms with Crippen LogP contribution in [0.3, 0.4) is 0 Å². The molecule has 0 spiro atoms. The third-order valence-electron chi connectivity index (χ3n) is 3.45. The minimum absolute atomic E-state index is 0.604. The van der Waals surface area contributed by atoms with Crippen LogP contribution in [-0.4, -0.2) is 11.3 Å². The molecule has 1 N–H and O–H groups in total. The Morgan fingerprint density at radius 1 is 1.47 bits per heavy atom. The van der Waals surface area contributed by atoms with Crippen molar-refractivity contribution in [3.05, 3.63) is 35.0 Å². The molecule has 0 saturated carbocycles.